The summed E-state index contributed by atoms with van der Waals surface area (Å²) in [6, 6.07) is 2.64. The van der Waals surface area contributed by atoms with Crippen LogP contribution < -0.4 is 10.5 Å². The molecule has 2 rings (SSSR count). The maximum Gasteiger partial charge on any atom is 0.320 e. The highest BCUT2D eigenvalue weighted by atomic mass is 35.5. The number of hydrogen-bond acceptors (Lipinski definition) is 3. The zero-order valence-corrected chi connectivity index (χ0v) is 11.1. The molecule has 0 radical (unpaired) electrons. The van der Waals surface area contributed by atoms with Gasteiger partial charge in [-0.1, -0.05) is 11.6 Å². The first kappa shape index (κ1) is 13.2. The highest BCUT2D eigenvalue weighted by Gasteiger charge is 2.32. The Bertz CT molecular complexity index is 499. The predicted molar refractivity (Wildman–Crippen MR) is 69.2 cm³/mol. The van der Waals surface area contributed by atoms with Gasteiger partial charge in [0.2, 0.25) is 0 Å². The number of hydrogen-bond donors (Lipinski definition) is 2. The van der Waals surface area contributed by atoms with Crippen molar-refractivity contribution < 1.29 is 14.6 Å². The maximum absolute atomic E-state index is 10.8. The molecule has 0 aliphatic carbocycles. The van der Waals surface area contributed by atoms with Gasteiger partial charge in [-0.15, -0.1) is 0 Å². The van der Waals surface area contributed by atoms with Crippen molar-refractivity contribution in [2.75, 3.05) is 0 Å². The van der Waals surface area contributed by atoms with Crippen LogP contribution in [0.4, 0.5) is 0 Å². The van der Waals surface area contributed by atoms with Gasteiger partial charge in [0.05, 0.1) is 0 Å². The van der Waals surface area contributed by atoms with Crippen LogP contribution in [0.25, 0.3) is 0 Å². The third-order valence-electron chi connectivity index (χ3n) is 2.96. The summed E-state index contributed by atoms with van der Waals surface area (Å²) in [6.45, 7) is 3.98. The van der Waals surface area contributed by atoms with E-state index >= 15 is 0 Å². The van der Waals surface area contributed by atoms with Crippen molar-refractivity contribution in [3.63, 3.8) is 0 Å². The average Bonchev–Trinajstić information content (AvgIpc) is 2.52. The second-order valence-corrected chi connectivity index (χ2v) is 5.68. The van der Waals surface area contributed by atoms with Crippen LogP contribution in [0.2, 0.25) is 5.02 Å². The summed E-state index contributed by atoms with van der Waals surface area (Å²) in [7, 11) is 0. The molecule has 4 nitrogen and oxygen atoms in total. The number of halogens is 1. The largest absolute Gasteiger partial charge is 0.487 e. The van der Waals surface area contributed by atoms with Crippen molar-refractivity contribution in [3.05, 3.63) is 28.3 Å². The molecule has 1 aliphatic heterocycles. The summed E-state index contributed by atoms with van der Waals surface area (Å²) in [6.07, 6.45) is 0.979. The smallest absolute Gasteiger partial charge is 0.320 e. The number of carboxylic acids is 1. The van der Waals surface area contributed by atoms with Crippen LogP contribution in [-0.2, 0) is 17.6 Å². The lowest BCUT2D eigenvalue weighted by atomic mass is 9.98. The van der Waals surface area contributed by atoms with Gasteiger partial charge in [-0.05, 0) is 37.1 Å². The Balaban J connectivity index is 2.35. The molecule has 0 aromatic heterocycles. The Morgan fingerprint density at radius 3 is 2.89 bits per heavy atom. The summed E-state index contributed by atoms with van der Waals surface area (Å²) < 4.78 is 5.85. The van der Waals surface area contributed by atoms with Crippen molar-refractivity contribution in [2.45, 2.75) is 38.3 Å². The molecule has 98 valence electrons. The number of aliphatic carboxylic acids is 1. The van der Waals surface area contributed by atoms with E-state index in [-0.39, 0.29) is 12.0 Å². The lowest BCUT2D eigenvalue weighted by Crippen LogP contribution is -2.32. The van der Waals surface area contributed by atoms with Crippen LogP contribution in [0.5, 0.6) is 5.75 Å². The summed E-state index contributed by atoms with van der Waals surface area (Å²) in [5.41, 5.74) is 7.06. The molecule has 1 unspecified atom stereocenters. The van der Waals surface area contributed by atoms with Crippen LogP contribution in [0, 0.1) is 0 Å². The second-order valence-electron chi connectivity index (χ2n) is 5.24. The molecule has 1 atom stereocenters. The number of rotatable bonds is 3. The third-order valence-corrected chi connectivity index (χ3v) is 3.18. The van der Waals surface area contributed by atoms with E-state index in [1.807, 2.05) is 19.9 Å². The molecule has 1 aromatic rings. The van der Waals surface area contributed by atoms with Gasteiger partial charge in [-0.25, -0.2) is 0 Å². The molecule has 0 amide bonds. The molecule has 5 heteroatoms. The zero-order valence-electron chi connectivity index (χ0n) is 10.4. The van der Waals surface area contributed by atoms with Gasteiger partial charge in [-0.2, -0.15) is 0 Å². The van der Waals surface area contributed by atoms with Gasteiger partial charge < -0.3 is 15.6 Å². The third kappa shape index (κ3) is 2.60. The Morgan fingerprint density at radius 1 is 1.61 bits per heavy atom. The highest BCUT2D eigenvalue weighted by molar-refractivity contribution is 6.30. The molecule has 0 fully saturated rings. The van der Waals surface area contributed by atoms with E-state index < -0.39 is 12.0 Å². The fourth-order valence-electron chi connectivity index (χ4n) is 2.22. The topological polar surface area (TPSA) is 72.6 Å². The summed E-state index contributed by atoms with van der Waals surface area (Å²) in [5, 5.41) is 9.45. The predicted octanol–water partition coefficient (Wildman–Crippen LogP) is 2.01. The summed E-state index contributed by atoms with van der Waals surface area (Å²) in [4.78, 5) is 10.8. The van der Waals surface area contributed by atoms with Crippen LogP contribution in [0.1, 0.15) is 25.0 Å². The SMILES string of the molecule is CC1(C)Cc2cc(Cl)cc(CC(N)C(=O)O)c2O1. The molecule has 0 bridgehead atoms. The van der Waals surface area contributed by atoms with Crippen LogP contribution >= 0.6 is 11.6 Å². The first-order valence-corrected chi connectivity index (χ1v) is 6.15. The normalized spacial score (nSPS) is 18.0. The maximum atomic E-state index is 10.8. The van der Waals surface area contributed by atoms with Crippen molar-refractivity contribution in [2.24, 2.45) is 5.73 Å². The van der Waals surface area contributed by atoms with E-state index in [9.17, 15) is 4.79 Å². The molecular formula is C13H16ClNO3. The zero-order chi connectivity index (χ0) is 13.5. The Kier molecular flexibility index (Phi) is 3.25. The van der Waals surface area contributed by atoms with Gasteiger partial charge in [0.1, 0.15) is 17.4 Å². The molecule has 3 N–H and O–H groups in total. The van der Waals surface area contributed by atoms with E-state index in [0.717, 1.165) is 23.3 Å². The molecule has 0 saturated carbocycles. The van der Waals surface area contributed by atoms with Gasteiger partial charge in [0, 0.05) is 17.9 Å². The van der Waals surface area contributed by atoms with Gasteiger partial charge in [0.15, 0.2) is 0 Å². The van der Waals surface area contributed by atoms with Gasteiger partial charge in [-0.3, -0.25) is 4.79 Å². The van der Waals surface area contributed by atoms with Gasteiger partial charge >= 0.3 is 5.97 Å². The number of carboxylic acid groups (broad SMARTS) is 1. The molecular weight excluding hydrogens is 254 g/mol. The fraction of sp³-hybridized carbons (Fsp3) is 0.462. The number of nitrogens with two attached hydrogens (primary N) is 1. The molecule has 0 spiro atoms. The first-order valence-electron chi connectivity index (χ1n) is 5.77. The number of ether oxygens (including phenoxy) is 1. The lowest BCUT2D eigenvalue weighted by Gasteiger charge is -2.18. The van der Waals surface area contributed by atoms with Gasteiger partial charge in [0.25, 0.3) is 0 Å². The minimum atomic E-state index is -1.03. The highest BCUT2D eigenvalue weighted by Crippen LogP contribution is 2.39. The summed E-state index contributed by atoms with van der Waals surface area (Å²) in [5.74, 6) is -0.290. The number of benzene rings is 1. The van der Waals surface area contributed by atoms with Crippen molar-refractivity contribution in [3.8, 4) is 5.75 Å². The first-order chi connectivity index (χ1) is 8.28. The standard InChI is InChI=1S/C13H16ClNO3/c1-13(2)6-8-4-9(14)3-7(11(8)18-13)5-10(15)12(16)17/h3-4,10H,5-6,15H2,1-2H3,(H,16,17). The van der Waals surface area contributed by atoms with E-state index in [0.29, 0.717) is 5.02 Å². The monoisotopic (exact) mass is 269 g/mol. The minimum Gasteiger partial charge on any atom is -0.487 e. The Morgan fingerprint density at radius 2 is 2.28 bits per heavy atom. The second kappa shape index (κ2) is 4.44. The average molecular weight is 270 g/mol. The fourth-order valence-corrected chi connectivity index (χ4v) is 2.48. The van der Waals surface area contributed by atoms with E-state index in [2.05, 4.69) is 0 Å². The van der Waals surface area contributed by atoms with Crippen molar-refractivity contribution in [1.29, 1.82) is 0 Å². The van der Waals surface area contributed by atoms with E-state index in [1.165, 1.54) is 0 Å². The molecule has 1 aliphatic rings. The minimum absolute atomic E-state index is 0.217. The number of fused-ring (bicyclic) bond motifs is 1. The molecule has 1 heterocycles. The Labute approximate surface area is 111 Å². The molecule has 18 heavy (non-hydrogen) atoms. The van der Waals surface area contributed by atoms with E-state index in [1.54, 1.807) is 6.07 Å². The summed E-state index contributed by atoms with van der Waals surface area (Å²) >= 11 is 6.04. The van der Waals surface area contributed by atoms with Crippen LogP contribution in [-0.4, -0.2) is 22.7 Å². The van der Waals surface area contributed by atoms with E-state index in [4.69, 9.17) is 27.2 Å². The quantitative estimate of drug-likeness (QED) is 0.880. The van der Waals surface area contributed by atoms with Crippen LogP contribution in [0.3, 0.4) is 0 Å². The number of carbonyl (C=O) groups is 1. The molecule has 1 aromatic carbocycles. The van der Waals surface area contributed by atoms with Crippen molar-refractivity contribution >= 4 is 17.6 Å². The Hall–Kier alpha value is -1.26. The van der Waals surface area contributed by atoms with Crippen LogP contribution in [0.15, 0.2) is 12.1 Å². The lowest BCUT2D eigenvalue weighted by molar-refractivity contribution is -0.138. The molecule has 0 saturated heterocycles. The van der Waals surface area contributed by atoms with Crippen molar-refractivity contribution in [1.82, 2.24) is 0 Å².